The van der Waals surface area contributed by atoms with Crippen molar-refractivity contribution in [3.63, 3.8) is 0 Å². The van der Waals surface area contributed by atoms with E-state index in [0.717, 1.165) is 181 Å². The van der Waals surface area contributed by atoms with Gasteiger partial charge in [0.25, 0.3) is 0 Å². The van der Waals surface area contributed by atoms with Gasteiger partial charge in [0.15, 0.2) is 0 Å². The third-order valence-corrected chi connectivity index (χ3v) is 33.4. The van der Waals surface area contributed by atoms with Crippen molar-refractivity contribution in [1.29, 1.82) is 0 Å². The number of nitrogens with one attached hydrogen (secondary N) is 1. The van der Waals surface area contributed by atoms with Crippen LogP contribution in [-0.4, -0.2) is 206 Å². The molecule has 0 aromatic carbocycles. The molecular formula is C136H273N9O5. The molecule has 0 saturated carbocycles. The van der Waals surface area contributed by atoms with Gasteiger partial charge in [-0.15, -0.1) is 0 Å². The lowest BCUT2D eigenvalue weighted by Gasteiger charge is -2.33. The summed E-state index contributed by atoms with van der Waals surface area (Å²) in [4.78, 5) is 97.2. The fourth-order valence-corrected chi connectivity index (χ4v) is 22.7. The second kappa shape index (κ2) is 123. The van der Waals surface area contributed by atoms with Crippen LogP contribution in [0.2, 0.25) is 0 Å². The first-order valence-corrected chi connectivity index (χ1v) is 69.2. The molecule has 150 heavy (non-hydrogen) atoms. The van der Waals surface area contributed by atoms with Gasteiger partial charge in [0.05, 0.1) is 32.7 Å². The average molecular weight is 2110 g/mol. The SMILES string of the molecule is CCCCCCCCCCCCN(CCCCCCCCCCCC)C(=O)CNCCN(CCN(CCN(CC(=O)N(CCCCCCCCCCCC)CCCCCCCCCCCC)CC(=O)N(CCCCCCCCCCCC)CCCCCCCCCCCC)CC(=O)N(CCCCCCCCCCCC)CCCCCCCCCCCC)CC(=O)N(CCCCCCCCCCCC)CCCCCCCCCCCC. The molecule has 892 valence electrons. The standard InChI is InChI=1S/C136H273N9O5/c1-11-21-31-41-51-61-71-81-91-101-112-141(113-102-92-82-72-62-52-42-32-22-12-2)132(146)127-137-111-122-138(128-133(147)142(114-103-93-83-73-63-53-43-33-23-13-3)115-104-94-84-74-64-54-44-34-24-14-4)123-124-139(129-134(148)143(116-105-95-85-75-65-55-45-35-25-15-5)117-106-96-86-76-66-56-46-36-26-16-6)125-126-140(130-135(149)144(118-107-97-87-77-67-57-47-37-27-17-7)119-108-98-88-78-68-58-48-38-28-18-8)131-136(150)145(120-109-99-89-79-69-59-49-39-29-19-9)121-110-100-90-80-70-60-50-40-30-20-10/h137H,11-131H2,1-10H3. The summed E-state index contributed by atoms with van der Waals surface area (Å²) in [6, 6.07) is 0. The lowest BCUT2D eigenvalue weighted by molar-refractivity contribution is -0.137. The van der Waals surface area contributed by atoms with E-state index in [4.69, 9.17) is 0 Å². The quantitative estimate of drug-likeness (QED) is 0.0593. The first kappa shape index (κ1) is 147. The molecule has 5 amide bonds. The number of hydrogen-bond donors (Lipinski definition) is 1. The number of unbranched alkanes of at least 4 members (excludes halogenated alkanes) is 90. The third kappa shape index (κ3) is 104. The molecule has 0 unspecified atom stereocenters. The van der Waals surface area contributed by atoms with Gasteiger partial charge in [-0.1, -0.05) is 647 Å². The molecule has 1 N–H and O–H groups in total. The molecule has 0 heterocycles. The van der Waals surface area contributed by atoms with Crippen LogP contribution in [0, 0.1) is 0 Å². The first-order valence-electron chi connectivity index (χ1n) is 69.2. The summed E-state index contributed by atoms with van der Waals surface area (Å²) in [6.07, 6.45) is 126. The topological polar surface area (TPSA) is 123 Å². The Morgan fingerprint density at radius 2 is 0.227 bits per heavy atom. The maximum atomic E-state index is 16.1. The Bertz CT molecular complexity index is 2500. The summed E-state index contributed by atoms with van der Waals surface area (Å²) in [5, 5.41) is 3.76. The Morgan fingerprint density at radius 3 is 0.367 bits per heavy atom. The molecule has 0 bridgehead atoms. The Hall–Kier alpha value is -2.81. The molecule has 14 nitrogen and oxygen atoms in total. The first-order chi connectivity index (χ1) is 73.9. The van der Waals surface area contributed by atoms with E-state index in [9.17, 15) is 4.79 Å². The Morgan fingerprint density at radius 1 is 0.120 bits per heavy atom. The highest BCUT2D eigenvalue weighted by molar-refractivity contribution is 5.82. The summed E-state index contributed by atoms with van der Waals surface area (Å²) in [5.74, 6) is 0.924. The largest absolute Gasteiger partial charge is 0.342 e. The van der Waals surface area contributed by atoms with E-state index in [1.165, 1.54) is 527 Å². The van der Waals surface area contributed by atoms with Gasteiger partial charge >= 0.3 is 0 Å². The molecule has 0 aliphatic rings. The second-order valence-corrected chi connectivity index (χ2v) is 48.2. The summed E-state index contributed by atoms with van der Waals surface area (Å²) in [7, 11) is 0. The molecule has 0 spiro atoms. The van der Waals surface area contributed by atoms with Crippen molar-refractivity contribution >= 4 is 29.5 Å². The van der Waals surface area contributed by atoms with Crippen LogP contribution in [0.15, 0.2) is 0 Å². The van der Waals surface area contributed by atoms with Crippen molar-refractivity contribution in [3.05, 3.63) is 0 Å². The highest BCUT2D eigenvalue weighted by atomic mass is 16.2. The maximum Gasteiger partial charge on any atom is 0.236 e. The van der Waals surface area contributed by atoms with Crippen LogP contribution in [0.25, 0.3) is 0 Å². The summed E-state index contributed by atoms with van der Waals surface area (Å²) in [6.45, 7) is 35.4. The van der Waals surface area contributed by atoms with E-state index in [2.05, 4.69) is 114 Å². The van der Waals surface area contributed by atoms with Gasteiger partial charge in [-0.05, 0) is 64.2 Å². The molecule has 0 radical (unpaired) electrons. The van der Waals surface area contributed by atoms with Crippen LogP contribution in [0.1, 0.15) is 711 Å². The summed E-state index contributed by atoms with van der Waals surface area (Å²) in [5.41, 5.74) is 0. The fourth-order valence-electron chi connectivity index (χ4n) is 22.7. The summed E-state index contributed by atoms with van der Waals surface area (Å²) >= 11 is 0. The van der Waals surface area contributed by atoms with E-state index < -0.39 is 0 Å². The number of carbonyl (C=O) groups excluding carboxylic acids is 5. The van der Waals surface area contributed by atoms with Crippen molar-refractivity contribution in [2.45, 2.75) is 711 Å². The number of nitrogens with zero attached hydrogens (tertiary/aromatic N) is 8. The van der Waals surface area contributed by atoms with Crippen molar-refractivity contribution in [3.8, 4) is 0 Å². The number of carbonyl (C=O) groups is 5. The molecule has 0 aliphatic carbocycles. The molecular weight excluding hydrogens is 1840 g/mol. The zero-order valence-electron chi connectivity index (χ0n) is 104. The van der Waals surface area contributed by atoms with E-state index >= 15 is 19.2 Å². The highest BCUT2D eigenvalue weighted by Gasteiger charge is 2.27. The summed E-state index contributed by atoms with van der Waals surface area (Å²) < 4.78 is 0. The fraction of sp³-hybridized carbons (Fsp3) is 0.963. The minimum Gasteiger partial charge on any atom is -0.342 e. The van der Waals surface area contributed by atoms with Gasteiger partial charge in [-0.25, -0.2) is 0 Å². The van der Waals surface area contributed by atoms with Crippen molar-refractivity contribution in [2.75, 3.05) is 137 Å². The molecule has 0 atom stereocenters. The van der Waals surface area contributed by atoms with Crippen LogP contribution >= 0.6 is 0 Å². The molecule has 14 heteroatoms. The molecule has 0 aromatic heterocycles. The van der Waals surface area contributed by atoms with Gasteiger partial charge in [-0.3, -0.25) is 38.7 Å². The Balaban J connectivity index is 8.81. The number of hydrogen-bond acceptors (Lipinski definition) is 9. The molecule has 0 saturated heterocycles. The monoisotopic (exact) mass is 2110 g/mol. The van der Waals surface area contributed by atoms with Crippen molar-refractivity contribution in [2.24, 2.45) is 0 Å². The van der Waals surface area contributed by atoms with Crippen LogP contribution in [0.4, 0.5) is 0 Å². The minimum absolute atomic E-state index is 0.156. The number of rotatable bonds is 129. The van der Waals surface area contributed by atoms with Crippen LogP contribution in [-0.2, 0) is 24.0 Å². The third-order valence-electron chi connectivity index (χ3n) is 33.4. The van der Waals surface area contributed by atoms with E-state index in [1.807, 2.05) is 0 Å². The second-order valence-electron chi connectivity index (χ2n) is 48.2. The predicted molar refractivity (Wildman–Crippen MR) is 664 cm³/mol. The van der Waals surface area contributed by atoms with Gasteiger partial charge in [0.2, 0.25) is 29.5 Å². The van der Waals surface area contributed by atoms with Crippen LogP contribution in [0.3, 0.4) is 0 Å². The lowest BCUT2D eigenvalue weighted by atomic mass is 10.1. The van der Waals surface area contributed by atoms with Crippen LogP contribution < -0.4 is 5.32 Å². The average Bonchev–Trinajstić information content (AvgIpc) is 0.873. The van der Waals surface area contributed by atoms with E-state index in [1.54, 1.807) is 0 Å². The Kier molecular flexibility index (Phi) is 121. The Labute approximate surface area is 940 Å². The molecule has 0 rings (SSSR count). The number of amides is 5. The zero-order chi connectivity index (χ0) is 109. The van der Waals surface area contributed by atoms with Crippen LogP contribution in [0.5, 0.6) is 0 Å². The normalized spacial score (nSPS) is 11.8. The lowest BCUT2D eigenvalue weighted by Crippen LogP contribution is -2.51. The van der Waals surface area contributed by atoms with Gasteiger partial charge < -0.3 is 29.8 Å². The molecule has 0 aromatic rings. The molecule has 0 fully saturated rings. The predicted octanol–water partition coefficient (Wildman–Crippen LogP) is 39.8. The van der Waals surface area contributed by atoms with Gasteiger partial charge in [-0.2, -0.15) is 0 Å². The maximum absolute atomic E-state index is 16.1. The molecule has 0 aliphatic heterocycles. The van der Waals surface area contributed by atoms with Crippen molar-refractivity contribution < 1.29 is 24.0 Å². The zero-order valence-corrected chi connectivity index (χ0v) is 104. The smallest absolute Gasteiger partial charge is 0.236 e. The minimum atomic E-state index is 0.156. The van der Waals surface area contributed by atoms with Crippen molar-refractivity contribution in [1.82, 2.24) is 44.5 Å². The highest BCUT2D eigenvalue weighted by Crippen LogP contribution is 2.24. The van der Waals surface area contributed by atoms with E-state index in [-0.39, 0.29) is 62.3 Å². The van der Waals surface area contributed by atoms with E-state index in [0.29, 0.717) is 39.3 Å². The van der Waals surface area contributed by atoms with Gasteiger partial charge in [0.1, 0.15) is 0 Å². The van der Waals surface area contributed by atoms with Gasteiger partial charge in [0, 0.05) is 105 Å².